The van der Waals surface area contributed by atoms with Crippen LogP contribution in [0.1, 0.15) is 0 Å². The fourth-order valence-corrected chi connectivity index (χ4v) is 11.1. The molecule has 0 spiro atoms. The summed E-state index contributed by atoms with van der Waals surface area (Å²) >= 11 is 11.6. The molecule has 0 radical (unpaired) electrons. The molecule has 0 amide bonds. The van der Waals surface area contributed by atoms with E-state index in [1.807, 2.05) is 0 Å². The number of benzene rings is 4. The van der Waals surface area contributed by atoms with E-state index in [0.717, 1.165) is 12.1 Å². The second-order valence-electron chi connectivity index (χ2n) is 8.23. The number of hydrogen-bond donors (Lipinski definition) is 0. The minimum absolute atomic E-state index is 0.206. The molecule has 12 nitrogen and oxygen atoms in total. The Hall–Kier alpha value is -3.98. The predicted molar refractivity (Wildman–Crippen MR) is 162 cm³/mol. The van der Waals surface area contributed by atoms with Crippen molar-refractivity contribution in [2.24, 2.45) is 0 Å². The molecule has 0 aliphatic rings. The quantitative estimate of drug-likeness (QED) is 0.128. The summed E-state index contributed by atoms with van der Waals surface area (Å²) in [6, 6.07) is 24.2. The van der Waals surface area contributed by atoms with E-state index in [9.17, 15) is 33.7 Å². The standard InChI is InChI=1S/C13H8Cl2N2O4S2.C13H10N2O4S2/c14-9-5-1-3-7-11(9)22(18,19)13(17-16)23(20,21)12-8-4-2-6-10(12)15;14-15-13(20(16,17)11-7-3-1-4-8-11)21(18,19)12-9-5-2-6-10-12/h1-8H;1-10H. The maximum atomic E-state index is 12.5. The number of hydrogen-bond acceptors (Lipinski definition) is 8. The van der Waals surface area contributed by atoms with Gasteiger partial charge in [-0.2, -0.15) is 0 Å². The van der Waals surface area contributed by atoms with E-state index < -0.39 is 57.9 Å². The fraction of sp³-hybridized carbons (Fsp3) is 0. The molecule has 18 heteroatoms. The highest BCUT2D eigenvalue weighted by molar-refractivity contribution is 8.31. The van der Waals surface area contributed by atoms with Gasteiger partial charge in [0.15, 0.2) is 0 Å². The first kappa shape index (κ1) is 34.5. The smallest absolute Gasteiger partial charge is 0.359 e. The van der Waals surface area contributed by atoms with E-state index in [0.29, 0.717) is 0 Å². The Morgan fingerprint density at radius 2 is 0.705 bits per heavy atom. The van der Waals surface area contributed by atoms with Gasteiger partial charge >= 0.3 is 8.75 Å². The van der Waals surface area contributed by atoms with Crippen molar-refractivity contribution < 1.29 is 43.3 Å². The molecule has 0 aliphatic heterocycles. The minimum atomic E-state index is -4.68. The molecular weight excluding hydrogens is 695 g/mol. The van der Waals surface area contributed by atoms with Crippen molar-refractivity contribution in [3.05, 3.63) is 130 Å². The zero-order valence-corrected chi connectivity index (χ0v) is 26.6. The maximum Gasteiger partial charge on any atom is 0.504 e. The molecule has 0 atom stereocenters. The Balaban J connectivity index is 0.000000241. The number of rotatable bonds is 4. The van der Waals surface area contributed by atoms with Crippen molar-refractivity contribution in [3.8, 4) is 0 Å². The molecule has 0 aliphatic carbocycles. The van der Waals surface area contributed by atoms with Crippen LogP contribution in [-0.2, 0) is 39.3 Å². The van der Waals surface area contributed by atoms with Gasteiger partial charge in [0.05, 0.1) is 29.6 Å². The Morgan fingerprint density at radius 3 is 1.00 bits per heavy atom. The third-order valence-corrected chi connectivity index (χ3v) is 14.8. The summed E-state index contributed by atoms with van der Waals surface area (Å²) in [6.07, 6.45) is 0. The van der Waals surface area contributed by atoms with Gasteiger partial charge in [-0.05, 0) is 48.5 Å². The largest absolute Gasteiger partial charge is 0.504 e. The Bertz CT molecular complexity index is 2110. The topological polar surface area (TPSA) is 209 Å². The Kier molecular flexibility index (Phi) is 10.8. The van der Waals surface area contributed by atoms with E-state index in [1.54, 1.807) is 12.1 Å². The van der Waals surface area contributed by atoms with E-state index in [4.69, 9.17) is 34.3 Å². The van der Waals surface area contributed by atoms with Crippen molar-refractivity contribution in [1.29, 1.82) is 0 Å². The molecule has 0 aromatic heterocycles. The molecule has 4 aromatic rings. The molecule has 228 valence electrons. The number of sulfone groups is 4. The van der Waals surface area contributed by atoms with Crippen LogP contribution < -0.4 is 0 Å². The SMILES string of the molecule is [N-]=[N+]=C(S(=O)(=O)c1ccccc1)S(=O)(=O)c1ccccc1.[N-]=[N+]=C(S(=O)(=O)c1ccccc1Cl)S(=O)(=O)c1ccccc1Cl. The summed E-state index contributed by atoms with van der Waals surface area (Å²) in [5.41, 5.74) is 18.0. The number of halogens is 2. The van der Waals surface area contributed by atoms with Gasteiger partial charge in [-0.3, -0.25) is 0 Å². The Morgan fingerprint density at radius 1 is 0.432 bits per heavy atom. The molecular formula is C26H18Cl2N4O8S4. The van der Waals surface area contributed by atoms with Gasteiger partial charge in [0, 0.05) is 0 Å². The highest BCUT2D eigenvalue weighted by Crippen LogP contribution is 2.28. The summed E-state index contributed by atoms with van der Waals surface area (Å²) in [5.74, 6) is 0. The first-order valence-electron chi connectivity index (χ1n) is 11.7. The molecule has 0 unspecified atom stereocenters. The average Bonchev–Trinajstić information content (AvgIpc) is 2.99. The van der Waals surface area contributed by atoms with Gasteiger partial charge in [0.25, 0.3) is 39.3 Å². The van der Waals surface area contributed by atoms with E-state index in [1.165, 1.54) is 84.9 Å². The molecule has 0 saturated heterocycles. The van der Waals surface area contributed by atoms with Crippen LogP contribution in [-0.4, -0.2) is 52.0 Å². The molecule has 0 fully saturated rings. The fourth-order valence-electron chi connectivity index (χ4n) is 3.42. The summed E-state index contributed by atoms with van der Waals surface area (Å²) < 4.78 is 96.6. The van der Waals surface area contributed by atoms with Crippen LogP contribution in [0.15, 0.2) is 129 Å². The lowest BCUT2D eigenvalue weighted by Gasteiger charge is -2.05. The molecule has 0 heterocycles. The first-order chi connectivity index (χ1) is 20.6. The van der Waals surface area contributed by atoms with Crippen LogP contribution >= 0.6 is 23.2 Å². The second-order valence-corrected chi connectivity index (χ2v) is 17.0. The van der Waals surface area contributed by atoms with Crippen LogP contribution in [0, 0.1) is 0 Å². The molecule has 0 saturated carbocycles. The monoisotopic (exact) mass is 712 g/mol. The van der Waals surface area contributed by atoms with E-state index >= 15 is 0 Å². The van der Waals surface area contributed by atoms with Crippen LogP contribution in [0.25, 0.3) is 11.1 Å². The molecule has 44 heavy (non-hydrogen) atoms. The lowest BCUT2D eigenvalue weighted by molar-refractivity contribution is 0.00349. The van der Waals surface area contributed by atoms with Crippen LogP contribution in [0.5, 0.6) is 0 Å². The highest BCUT2D eigenvalue weighted by Gasteiger charge is 2.46. The summed E-state index contributed by atoms with van der Waals surface area (Å²) in [7, 11) is -18.3. The van der Waals surface area contributed by atoms with E-state index in [2.05, 4.69) is 9.58 Å². The van der Waals surface area contributed by atoms with Crippen LogP contribution in [0.4, 0.5) is 0 Å². The summed E-state index contributed by atoms with van der Waals surface area (Å²) in [4.78, 5) is 3.49. The normalized spacial score (nSPS) is 11.7. The molecule has 4 rings (SSSR count). The second kappa shape index (κ2) is 13.8. The molecule has 0 N–H and O–H groups in total. The van der Waals surface area contributed by atoms with Gasteiger partial charge in [-0.1, -0.05) is 83.9 Å². The van der Waals surface area contributed by atoms with Gasteiger partial charge in [0.2, 0.25) is 0 Å². The predicted octanol–water partition coefficient (Wildman–Crippen LogP) is 4.35. The first-order valence-corrected chi connectivity index (χ1v) is 18.4. The third-order valence-electron chi connectivity index (χ3n) is 5.44. The average molecular weight is 714 g/mol. The zero-order chi connectivity index (χ0) is 32.8. The van der Waals surface area contributed by atoms with Gasteiger partial charge < -0.3 is 11.1 Å². The summed E-state index contributed by atoms with van der Waals surface area (Å²) in [6.45, 7) is 0. The lowest BCUT2D eigenvalue weighted by Crippen LogP contribution is -2.26. The minimum Gasteiger partial charge on any atom is -0.359 e. The van der Waals surface area contributed by atoms with E-state index in [-0.39, 0.29) is 19.8 Å². The van der Waals surface area contributed by atoms with Crippen molar-refractivity contribution >= 4 is 71.3 Å². The highest BCUT2D eigenvalue weighted by atomic mass is 35.5. The number of nitrogens with zero attached hydrogens (tertiary/aromatic N) is 4. The molecule has 4 aromatic carbocycles. The Labute approximate surface area is 263 Å². The van der Waals surface area contributed by atoms with Crippen LogP contribution in [0.2, 0.25) is 10.0 Å². The van der Waals surface area contributed by atoms with Crippen LogP contribution in [0.3, 0.4) is 0 Å². The lowest BCUT2D eigenvalue weighted by atomic mass is 10.4. The van der Waals surface area contributed by atoms with Gasteiger partial charge in [-0.15, -0.1) is 9.58 Å². The van der Waals surface area contributed by atoms with Crippen molar-refractivity contribution in [2.45, 2.75) is 19.6 Å². The van der Waals surface area contributed by atoms with Crippen molar-refractivity contribution in [3.63, 3.8) is 0 Å². The molecule has 0 bridgehead atoms. The van der Waals surface area contributed by atoms with Crippen molar-refractivity contribution in [1.82, 2.24) is 0 Å². The van der Waals surface area contributed by atoms with Gasteiger partial charge in [-0.25, -0.2) is 33.7 Å². The zero-order valence-electron chi connectivity index (χ0n) is 21.8. The summed E-state index contributed by atoms with van der Waals surface area (Å²) in [5, 5.41) is -0.411. The third kappa shape index (κ3) is 7.04. The van der Waals surface area contributed by atoms with Crippen molar-refractivity contribution in [2.75, 3.05) is 0 Å². The van der Waals surface area contributed by atoms with Gasteiger partial charge in [0.1, 0.15) is 0 Å². The maximum absolute atomic E-state index is 12.5.